The second kappa shape index (κ2) is 7.43. The molecule has 1 aromatic carbocycles. The van der Waals surface area contributed by atoms with E-state index < -0.39 is 28.4 Å². The molecule has 1 unspecified atom stereocenters. The highest BCUT2D eigenvalue weighted by Gasteiger charge is 2.28. The van der Waals surface area contributed by atoms with Crippen LogP contribution in [0, 0.1) is 16.0 Å². The molecule has 9 heteroatoms. The fraction of sp³-hybridized carbons (Fsp3) is 0.429. The summed E-state index contributed by atoms with van der Waals surface area (Å²) in [5.74, 6) is -2.25. The van der Waals surface area contributed by atoms with Crippen LogP contribution in [-0.4, -0.2) is 54.6 Å². The average molecular weight is 326 g/mol. The van der Waals surface area contributed by atoms with E-state index in [-0.39, 0.29) is 23.6 Å². The van der Waals surface area contributed by atoms with Crippen LogP contribution in [0.4, 0.5) is 5.69 Å². The highest BCUT2D eigenvalue weighted by molar-refractivity contribution is 5.99. The summed E-state index contributed by atoms with van der Waals surface area (Å²) in [7, 11) is 4.04. The van der Waals surface area contributed by atoms with Gasteiger partial charge in [0.25, 0.3) is 11.6 Å². The number of ether oxygens (including phenoxy) is 2. The van der Waals surface area contributed by atoms with Crippen LogP contribution in [0.25, 0.3) is 0 Å². The molecule has 0 radical (unpaired) electrons. The lowest BCUT2D eigenvalue weighted by Crippen LogP contribution is -2.34. The predicted molar refractivity (Wildman–Crippen MR) is 80.0 cm³/mol. The number of carbonyl (C=O) groups is 2. The van der Waals surface area contributed by atoms with Crippen LogP contribution < -0.4 is 9.47 Å². The van der Waals surface area contributed by atoms with E-state index in [1.54, 1.807) is 0 Å². The minimum Gasteiger partial charge on any atom is -0.493 e. The van der Waals surface area contributed by atoms with E-state index in [2.05, 4.69) is 0 Å². The van der Waals surface area contributed by atoms with Crippen LogP contribution in [0.2, 0.25) is 0 Å². The number of carbonyl (C=O) groups excluding carboxylic acids is 1. The number of aliphatic carboxylic acids is 1. The van der Waals surface area contributed by atoms with Gasteiger partial charge in [-0.3, -0.25) is 19.7 Å². The van der Waals surface area contributed by atoms with Gasteiger partial charge in [0.15, 0.2) is 11.5 Å². The molecule has 0 spiro atoms. The molecule has 0 heterocycles. The Morgan fingerprint density at radius 2 is 1.83 bits per heavy atom. The molecular weight excluding hydrogens is 308 g/mol. The predicted octanol–water partition coefficient (Wildman–Crippen LogP) is 1.40. The number of rotatable bonds is 7. The second-order valence-electron chi connectivity index (χ2n) is 4.91. The van der Waals surface area contributed by atoms with Crippen LogP contribution in [-0.2, 0) is 4.79 Å². The lowest BCUT2D eigenvalue weighted by atomic mass is 10.1. The Labute approximate surface area is 132 Å². The number of nitro benzene ring substituents is 1. The summed E-state index contributed by atoms with van der Waals surface area (Å²) in [5.41, 5.74) is -0.643. The first kappa shape index (κ1) is 18.2. The van der Waals surface area contributed by atoms with Gasteiger partial charge in [-0.05, 0) is 0 Å². The Hall–Kier alpha value is -2.84. The molecule has 0 saturated heterocycles. The standard InChI is InChI=1S/C14H18N2O7/c1-8(14(18)19)7-15(2)13(17)9-5-11(22-3)12(23-4)6-10(9)16(20)21/h5-6,8H,7H2,1-4H3,(H,18,19). The maximum absolute atomic E-state index is 12.4. The molecule has 1 aromatic rings. The monoisotopic (exact) mass is 326 g/mol. The Morgan fingerprint density at radius 3 is 2.26 bits per heavy atom. The van der Waals surface area contributed by atoms with Gasteiger partial charge in [-0.2, -0.15) is 0 Å². The first-order chi connectivity index (χ1) is 10.7. The van der Waals surface area contributed by atoms with Gasteiger partial charge < -0.3 is 19.5 Å². The summed E-state index contributed by atoms with van der Waals surface area (Å²) in [6, 6.07) is 2.31. The number of methoxy groups -OCH3 is 2. The molecule has 23 heavy (non-hydrogen) atoms. The number of nitro groups is 1. The van der Waals surface area contributed by atoms with Crippen molar-refractivity contribution in [2.75, 3.05) is 27.8 Å². The van der Waals surface area contributed by atoms with Crippen molar-refractivity contribution < 1.29 is 29.1 Å². The summed E-state index contributed by atoms with van der Waals surface area (Å²) >= 11 is 0. The van der Waals surface area contributed by atoms with E-state index in [0.29, 0.717) is 0 Å². The molecule has 0 aliphatic heterocycles. The third kappa shape index (κ3) is 4.09. The van der Waals surface area contributed by atoms with Crippen molar-refractivity contribution in [2.24, 2.45) is 5.92 Å². The maximum Gasteiger partial charge on any atom is 0.308 e. The highest BCUT2D eigenvalue weighted by atomic mass is 16.6. The minimum absolute atomic E-state index is 0.0837. The van der Waals surface area contributed by atoms with Crippen molar-refractivity contribution in [1.82, 2.24) is 4.90 Å². The zero-order valence-electron chi connectivity index (χ0n) is 13.2. The molecule has 0 fully saturated rings. The molecule has 0 aliphatic carbocycles. The molecule has 0 aliphatic rings. The molecule has 9 nitrogen and oxygen atoms in total. The number of carboxylic acid groups (broad SMARTS) is 1. The van der Waals surface area contributed by atoms with Crippen LogP contribution in [0.5, 0.6) is 11.5 Å². The topological polar surface area (TPSA) is 119 Å². The average Bonchev–Trinajstić information content (AvgIpc) is 2.52. The van der Waals surface area contributed by atoms with E-state index in [1.165, 1.54) is 34.3 Å². The second-order valence-corrected chi connectivity index (χ2v) is 4.91. The number of hydrogen-bond acceptors (Lipinski definition) is 6. The van der Waals surface area contributed by atoms with Crippen molar-refractivity contribution in [3.8, 4) is 11.5 Å². The SMILES string of the molecule is COc1cc(C(=O)N(C)CC(C)C(=O)O)c([N+](=O)[O-])cc1OC. The number of hydrogen-bond donors (Lipinski definition) is 1. The number of amides is 1. The number of carboxylic acids is 1. The Balaban J connectivity index is 3.26. The molecule has 1 amide bonds. The van der Waals surface area contributed by atoms with Gasteiger partial charge in [-0.1, -0.05) is 6.92 Å². The van der Waals surface area contributed by atoms with Gasteiger partial charge in [0.2, 0.25) is 0 Å². The Morgan fingerprint density at radius 1 is 1.30 bits per heavy atom. The zero-order valence-corrected chi connectivity index (χ0v) is 13.2. The van der Waals surface area contributed by atoms with Crippen LogP contribution >= 0.6 is 0 Å². The van der Waals surface area contributed by atoms with E-state index in [4.69, 9.17) is 14.6 Å². The zero-order chi connectivity index (χ0) is 17.7. The van der Waals surface area contributed by atoms with E-state index in [9.17, 15) is 19.7 Å². The molecule has 0 bridgehead atoms. The minimum atomic E-state index is -1.06. The normalized spacial score (nSPS) is 11.5. The quantitative estimate of drug-likeness (QED) is 0.594. The third-order valence-corrected chi connectivity index (χ3v) is 3.24. The summed E-state index contributed by atoms with van der Waals surface area (Å²) < 4.78 is 10.0. The van der Waals surface area contributed by atoms with E-state index in [0.717, 1.165) is 11.0 Å². The summed E-state index contributed by atoms with van der Waals surface area (Å²) in [6.07, 6.45) is 0. The first-order valence-corrected chi connectivity index (χ1v) is 6.61. The summed E-state index contributed by atoms with van der Waals surface area (Å²) in [4.78, 5) is 34.9. The van der Waals surface area contributed by atoms with Gasteiger partial charge >= 0.3 is 5.97 Å². The molecule has 126 valence electrons. The molecule has 0 aromatic heterocycles. The lowest BCUT2D eigenvalue weighted by molar-refractivity contribution is -0.385. The van der Waals surface area contributed by atoms with Crippen molar-refractivity contribution in [3.05, 3.63) is 27.8 Å². The summed E-state index contributed by atoms with van der Waals surface area (Å²) in [5, 5.41) is 20.1. The van der Waals surface area contributed by atoms with Crippen LogP contribution in [0.3, 0.4) is 0 Å². The van der Waals surface area contributed by atoms with Crippen LogP contribution in [0.15, 0.2) is 12.1 Å². The number of benzene rings is 1. The molecule has 1 N–H and O–H groups in total. The van der Waals surface area contributed by atoms with E-state index >= 15 is 0 Å². The van der Waals surface area contributed by atoms with Gasteiger partial charge in [-0.25, -0.2) is 0 Å². The maximum atomic E-state index is 12.4. The van der Waals surface area contributed by atoms with Crippen LogP contribution in [0.1, 0.15) is 17.3 Å². The fourth-order valence-corrected chi connectivity index (χ4v) is 1.97. The van der Waals surface area contributed by atoms with Crippen molar-refractivity contribution >= 4 is 17.6 Å². The fourth-order valence-electron chi connectivity index (χ4n) is 1.97. The Bertz CT molecular complexity index is 630. The highest BCUT2D eigenvalue weighted by Crippen LogP contribution is 2.35. The summed E-state index contributed by atoms with van der Waals surface area (Å²) in [6.45, 7) is 1.36. The van der Waals surface area contributed by atoms with Gasteiger partial charge in [0, 0.05) is 19.7 Å². The Kier molecular flexibility index (Phi) is 5.88. The van der Waals surface area contributed by atoms with Gasteiger partial charge in [0.05, 0.1) is 31.1 Å². The van der Waals surface area contributed by atoms with Crippen molar-refractivity contribution in [2.45, 2.75) is 6.92 Å². The largest absolute Gasteiger partial charge is 0.493 e. The van der Waals surface area contributed by atoms with Gasteiger partial charge in [-0.15, -0.1) is 0 Å². The van der Waals surface area contributed by atoms with Crippen molar-refractivity contribution in [1.29, 1.82) is 0 Å². The third-order valence-electron chi connectivity index (χ3n) is 3.24. The molecule has 0 saturated carbocycles. The first-order valence-electron chi connectivity index (χ1n) is 6.61. The number of nitrogens with zero attached hydrogens (tertiary/aromatic N) is 2. The smallest absolute Gasteiger partial charge is 0.308 e. The molecular formula is C14H18N2O7. The van der Waals surface area contributed by atoms with E-state index in [1.807, 2.05) is 0 Å². The molecule has 1 atom stereocenters. The lowest BCUT2D eigenvalue weighted by Gasteiger charge is -2.20. The molecule has 1 rings (SSSR count). The van der Waals surface area contributed by atoms with Gasteiger partial charge in [0.1, 0.15) is 5.56 Å². The van der Waals surface area contributed by atoms with Crippen molar-refractivity contribution in [3.63, 3.8) is 0 Å².